The van der Waals surface area contributed by atoms with Crippen molar-refractivity contribution >= 4 is 23.6 Å². The van der Waals surface area contributed by atoms with Crippen molar-refractivity contribution in [3.05, 3.63) is 66.4 Å². The zero-order valence-corrected chi connectivity index (χ0v) is 18.6. The fraction of sp³-hybridized carbons (Fsp3) is 0.182. The lowest BCUT2D eigenvalue weighted by atomic mass is 10.2. The number of hydrogen-bond donors (Lipinski definition) is 3. The largest absolute Gasteiger partial charge is 0.444 e. The summed E-state index contributed by atoms with van der Waals surface area (Å²) >= 11 is 0. The van der Waals surface area contributed by atoms with Gasteiger partial charge in [0.2, 0.25) is 12.3 Å². The first-order valence-corrected chi connectivity index (χ1v) is 10.2. The molecule has 0 aliphatic carbocycles. The van der Waals surface area contributed by atoms with Crippen LogP contribution in [0.5, 0.6) is 0 Å². The number of nitrogen functional groups attached to an aromatic ring is 1. The number of carbonyl (C=O) groups is 1. The lowest BCUT2D eigenvalue weighted by molar-refractivity contribution is -0.115. The van der Waals surface area contributed by atoms with E-state index in [4.69, 9.17) is 10.2 Å². The van der Waals surface area contributed by atoms with Crippen LogP contribution < -0.4 is 16.4 Å². The van der Waals surface area contributed by atoms with E-state index >= 15 is 0 Å². The Morgan fingerprint density at radius 3 is 2.50 bits per heavy atom. The van der Waals surface area contributed by atoms with Crippen LogP contribution in [-0.4, -0.2) is 38.9 Å². The Balaban J connectivity index is 0.000000201. The van der Waals surface area contributed by atoms with E-state index in [1.54, 1.807) is 37.3 Å². The smallest absolute Gasteiger partial charge is 0.405 e. The minimum absolute atomic E-state index is 0.0168. The normalized spacial score (nSPS) is 11.1. The van der Waals surface area contributed by atoms with Crippen molar-refractivity contribution in [2.45, 2.75) is 19.5 Å². The molecule has 0 saturated carbocycles. The molecule has 0 bridgehead atoms. The Hall–Kier alpha value is -4.49. The van der Waals surface area contributed by atoms with E-state index in [0.717, 1.165) is 0 Å². The highest BCUT2D eigenvalue weighted by Crippen LogP contribution is 2.26. The number of nitrogens with two attached hydrogens (primary N) is 1. The minimum atomic E-state index is -4.28. The molecule has 3 aromatic heterocycles. The number of nitrogens with one attached hydrogen (secondary N) is 2. The Labute approximate surface area is 201 Å². The molecule has 1 aromatic carbocycles. The van der Waals surface area contributed by atoms with Crippen LogP contribution in [0.3, 0.4) is 0 Å². The number of amides is 1. The molecular weight excluding hydrogens is 489 g/mol. The van der Waals surface area contributed by atoms with Gasteiger partial charge in [0.25, 0.3) is 6.43 Å². The number of rotatable bonds is 7. The second kappa shape index (κ2) is 11.3. The monoisotopic (exact) mass is 509 g/mol. The highest BCUT2D eigenvalue weighted by atomic mass is 19.4. The maximum atomic E-state index is 12.7. The van der Waals surface area contributed by atoms with Crippen LogP contribution in [0.4, 0.5) is 39.1 Å². The van der Waals surface area contributed by atoms with Gasteiger partial charge in [0.05, 0.1) is 23.3 Å². The fourth-order valence-electron chi connectivity index (χ4n) is 2.82. The molecule has 0 fully saturated rings. The summed E-state index contributed by atoms with van der Waals surface area (Å²) in [6, 6.07) is 9.61. The Kier molecular flexibility index (Phi) is 8.19. The number of pyridine rings is 1. The zero-order chi connectivity index (χ0) is 26.3. The number of halogens is 5. The third kappa shape index (κ3) is 7.25. The summed E-state index contributed by atoms with van der Waals surface area (Å²) in [5.74, 6) is 0.477. The number of alkyl halides is 5. The average Bonchev–Trinajstić information content (AvgIpc) is 3.45. The van der Waals surface area contributed by atoms with Crippen LogP contribution in [0.15, 0.2) is 59.5 Å². The first kappa shape index (κ1) is 26.1. The third-order valence-electron chi connectivity index (χ3n) is 4.42. The molecule has 0 aliphatic rings. The number of anilines is 3. The molecule has 36 heavy (non-hydrogen) atoms. The van der Waals surface area contributed by atoms with Crippen molar-refractivity contribution in [1.29, 1.82) is 0 Å². The quantitative estimate of drug-likeness (QED) is 0.182. The highest BCUT2D eigenvalue weighted by Gasteiger charge is 2.26. The first-order valence-electron chi connectivity index (χ1n) is 10.2. The van der Waals surface area contributed by atoms with Gasteiger partial charge in [-0.25, -0.2) is 23.4 Å². The molecule has 0 spiro atoms. The van der Waals surface area contributed by atoms with Gasteiger partial charge in [0, 0.05) is 17.4 Å². The molecule has 4 N–H and O–H groups in total. The SMILES string of the molecule is Cc1coc(-c2ccnc(NCC(F)(F)F)c2)n1.Nc1ccc(-n2cc(NC=O)c(C(F)F)n2)cc1. The molecule has 14 heteroatoms. The van der Waals surface area contributed by atoms with Gasteiger partial charge >= 0.3 is 6.18 Å². The van der Waals surface area contributed by atoms with Gasteiger partial charge in [-0.15, -0.1) is 0 Å². The van der Waals surface area contributed by atoms with Gasteiger partial charge in [-0.05, 0) is 43.3 Å². The summed E-state index contributed by atoms with van der Waals surface area (Å²) in [6.45, 7) is 0.630. The highest BCUT2D eigenvalue weighted by molar-refractivity contribution is 5.72. The van der Waals surface area contributed by atoms with Crippen LogP contribution >= 0.6 is 0 Å². The number of nitrogens with zero attached hydrogens (tertiary/aromatic N) is 4. The Morgan fingerprint density at radius 2 is 1.92 bits per heavy atom. The van der Waals surface area contributed by atoms with Crippen LogP contribution in [-0.2, 0) is 4.79 Å². The van der Waals surface area contributed by atoms with Gasteiger partial charge in [-0.1, -0.05) is 0 Å². The zero-order valence-electron chi connectivity index (χ0n) is 18.6. The molecule has 4 rings (SSSR count). The molecule has 190 valence electrons. The van der Waals surface area contributed by atoms with Crippen LogP contribution in [0.2, 0.25) is 0 Å². The molecule has 1 amide bonds. The summed E-state index contributed by atoms with van der Waals surface area (Å²) in [5, 5.41) is 8.12. The average molecular weight is 509 g/mol. The molecule has 0 radical (unpaired) electrons. The van der Waals surface area contributed by atoms with Gasteiger partial charge < -0.3 is 20.8 Å². The van der Waals surface area contributed by atoms with Gasteiger partial charge in [0.1, 0.15) is 18.6 Å². The van der Waals surface area contributed by atoms with E-state index in [0.29, 0.717) is 34.9 Å². The predicted octanol–water partition coefficient (Wildman–Crippen LogP) is 4.98. The molecular formula is C22H20F5N7O2. The summed E-state index contributed by atoms with van der Waals surface area (Å²) < 4.78 is 67.9. The predicted molar refractivity (Wildman–Crippen MR) is 122 cm³/mol. The molecule has 0 atom stereocenters. The van der Waals surface area contributed by atoms with Crippen LogP contribution in [0, 0.1) is 6.92 Å². The Morgan fingerprint density at radius 1 is 1.19 bits per heavy atom. The minimum Gasteiger partial charge on any atom is -0.444 e. The van der Waals surface area contributed by atoms with Crippen molar-refractivity contribution in [3.63, 3.8) is 0 Å². The van der Waals surface area contributed by atoms with Crippen molar-refractivity contribution in [1.82, 2.24) is 19.7 Å². The van der Waals surface area contributed by atoms with Crippen molar-refractivity contribution in [2.24, 2.45) is 0 Å². The number of carbonyl (C=O) groups excluding carboxylic acids is 1. The van der Waals surface area contributed by atoms with E-state index in [2.05, 4.69) is 25.7 Å². The number of hydrogen-bond acceptors (Lipinski definition) is 7. The van der Waals surface area contributed by atoms with E-state index in [-0.39, 0.29) is 11.5 Å². The summed E-state index contributed by atoms with van der Waals surface area (Å²) in [4.78, 5) is 18.2. The van der Waals surface area contributed by atoms with E-state index in [1.807, 2.05) is 0 Å². The van der Waals surface area contributed by atoms with E-state index < -0.39 is 24.8 Å². The summed E-state index contributed by atoms with van der Waals surface area (Å²) in [7, 11) is 0. The second-order valence-corrected chi connectivity index (χ2v) is 7.22. The van der Waals surface area contributed by atoms with Crippen LogP contribution in [0.25, 0.3) is 17.1 Å². The fourth-order valence-corrected chi connectivity index (χ4v) is 2.82. The van der Waals surface area contributed by atoms with Crippen molar-refractivity contribution < 1.29 is 31.2 Å². The summed E-state index contributed by atoms with van der Waals surface area (Å²) in [5.41, 5.74) is 7.45. The maximum Gasteiger partial charge on any atom is 0.405 e. The second-order valence-electron chi connectivity index (χ2n) is 7.22. The molecule has 0 saturated heterocycles. The Bertz CT molecular complexity index is 1290. The number of aromatic nitrogens is 4. The standard InChI is InChI=1S/C11H10F3N3O.C11H10F2N4O/c1-7-5-18-10(17-7)8-2-3-15-9(4-8)16-6-11(12,13)14;12-11(13)10-9(15-6-18)5-17(16-10)8-3-1-7(14)2-4-8/h2-5H,6H2,1H3,(H,15,16);1-6,11H,14H2,(H,15,18). The van der Waals surface area contributed by atoms with Gasteiger partial charge in [-0.2, -0.15) is 18.3 Å². The van der Waals surface area contributed by atoms with E-state index in [1.165, 1.54) is 29.4 Å². The van der Waals surface area contributed by atoms with Crippen molar-refractivity contribution in [3.8, 4) is 17.1 Å². The molecule has 3 heterocycles. The number of benzene rings is 1. The van der Waals surface area contributed by atoms with Crippen LogP contribution in [0.1, 0.15) is 17.8 Å². The molecule has 0 unspecified atom stereocenters. The molecule has 0 aliphatic heterocycles. The lowest BCUT2D eigenvalue weighted by Crippen LogP contribution is -2.21. The maximum absolute atomic E-state index is 12.7. The lowest BCUT2D eigenvalue weighted by Gasteiger charge is -2.08. The number of aryl methyl sites for hydroxylation is 1. The molecule has 4 aromatic rings. The van der Waals surface area contributed by atoms with Gasteiger partial charge in [-0.3, -0.25) is 4.79 Å². The first-order chi connectivity index (χ1) is 17.1. The third-order valence-corrected chi connectivity index (χ3v) is 4.42. The topological polar surface area (TPSA) is 124 Å². The van der Waals surface area contributed by atoms with Gasteiger partial charge in [0.15, 0.2) is 5.69 Å². The molecule has 9 nitrogen and oxygen atoms in total. The van der Waals surface area contributed by atoms with Crippen molar-refractivity contribution in [2.75, 3.05) is 22.9 Å². The summed E-state index contributed by atoms with van der Waals surface area (Å²) in [6.07, 6.45) is -2.52. The van der Waals surface area contributed by atoms with E-state index in [9.17, 15) is 26.7 Å². The number of oxazole rings is 1.